The molecule has 13 heteroatoms. The molecule has 0 radical (unpaired) electrons. The molecule has 0 heterocycles. The first-order valence-corrected chi connectivity index (χ1v) is 25.3. The van der Waals surface area contributed by atoms with Crippen molar-refractivity contribution in [2.45, 2.75) is 94.9 Å². The minimum Gasteiger partial charge on any atom is -0.460 e. The Morgan fingerprint density at radius 1 is 0.556 bits per heavy atom. The van der Waals surface area contributed by atoms with Crippen LogP contribution in [0.25, 0.3) is 0 Å². The number of amides is 2. The molecule has 11 nitrogen and oxygen atoms in total. The first-order chi connectivity index (χ1) is 34.3. The molecule has 0 saturated heterocycles. The van der Waals surface area contributed by atoms with Crippen LogP contribution in [0.15, 0.2) is 170 Å². The van der Waals surface area contributed by atoms with Gasteiger partial charge in [-0.1, -0.05) is 181 Å². The number of hydrogen-bond acceptors (Lipinski definition) is 10. The van der Waals surface area contributed by atoms with E-state index in [4.69, 9.17) is 31.5 Å². The quantitative estimate of drug-likeness (QED) is 0.0381. The predicted octanol–water partition coefficient (Wildman–Crippen LogP) is 10.9. The summed E-state index contributed by atoms with van der Waals surface area (Å²) in [5, 5.41) is 5.47. The van der Waals surface area contributed by atoms with Crippen molar-refractivity contribution in [2.75, 3.05) is 12.3 Å². The van der Waals surface area contributed by atoms with Gasteiger partial charge in [-0.25, -0.2) is 4.79 Å². The molecular formula is C59H64ClN3O8S. The van der Waals surface area contributed by atoms with Crippen molar-refractivity contribution >= 4 is 53.1 Å². The number of hydrogen-bond donors (Lipinski definition) is 3. The first kappa shape index (κ1) is 54.6. The Balaban J connectivity index is 1.51. The number of alkyl carbamates (subject to hydrolysis) is 1. The van der Waals surface area contributed by atoms with Gasteiger partial charge >= 0.3 is 18.0 Å². The molecule has 0 saturated carbocycles. The first-order valence-electron chi connectivity index (χ1n) is 23.9. The van der Waals surface area contributed by atoms with Gasteiger partial charge in [0.2, 0.25) is 5.91 Å². The molecule has 0 bridgehead atoms. The second kappa shape index (κ2) is 24.1. The summed E-state index contributed by atoms with van der Waals surface area (Å²) in [5.41, 5.74) is 7.94. The van der Waals surface area contributed by atoms with E-state index >= 15 is 9.59 Å². The maximum atomic E-state index is 15.9. The van der Waals surface area contributed by atoms with Crippen molar-refractivity contribution in [2.24, 2.45) is 11.7 Å². The summed E-state index contributed by atoms with van der Waals surface area (Å²) in [7, 11) is 0. The van der Waals surface area contributed by atoms with Gasteiger partial charge in [0.05, 0.1) is 23.1 Å². The van der Waals surface area contributed by atoms with E-state index in [0.717, 1.165) is 22.3 Å². The van der Waals surface area contributed by atoms with Crippen LogP contribution in [-0.2, 0) is 43.7 Å². The number of benzene rings is 6. The Labute approximate surface area is 432 Å². The summed E-state index contributed by atoms with van der Waals surface area (Å²) in [6.07, 6.45) is -2.02. The molecule has 4 N–H and O–H groups in total. The Morgan fingerprint density at radius 2 is 1.01 bits per heavy atom. The molecule has 4 atom stereocenters. The van der Waals surface area contributed by atoms with Crippen LogP contribution in [0.1, 0.15) is 93.3 Å². The van der Waals surface area contributed by atoms with Crippen molar-refractivity contribution in [3.63, 3.8) is 0 Å². The second-order valence-corrected chi connectivity index (χ2v) is 21.2. The number of thioether (sulfide) groups is 1. The Kier molecular flexibility index (Phi) is 18.3. The van der Waals surface area contributed by atoms with Crippen LogP contribution >= 0.6 is 23.4 Å². The van der Waals surface area contributed by atoms with Crippen molar-refractivity contribution < 1.29 is 38.2 Å². The molecule has 0 aliphatic rings. The number of nitrogens with two attached hydrogens (primary N) is 1. The topological polar surface area (TPSA) is 163 Å². The van der Waals surface area contributed by atoms with E-state index < -0.39 is 82.1 Å². The van der Waals surface area contributed by atoms with Crippen LogP contribution < -0.4 is 16.4 Å². The number of aryl methyl sites for hydroxylation is 1. The van der Waals surface area contributed by atoms with Gasteiger partial charge in [0, 0.05) is 40.4 Å². The summed E-state index contributed by atoms with van der Waals surface area (Å²) in [4.78, 5) is 71.6. The van der Waals surface area contributed by atoms with E-state index in [1.807, 2.05) is 165 Å². The maximum Gasteiger partial charge on any atom is 0.408 e. The van der Waals surface area contributed by atoms with Crippen molar-refractivity contribution in [3.8, 4) is 0 Å². The average molecular weight is 1010 g/mol. The zero-order chi connectivity index (χ0) is 52.1. The van der Waals surface area contributed by atoms with Crippen molar-refractivity contribution in [3.05, 3.63) is 214 Å². The van der Waals surface area contributed by atoms with Crippen LogP contribution in [0.4, 0.5) is 4.79 Å². The van der Waals surface area contributed by atoms with Crippen molar-refractivity contribution in [1.82, 2.24) is 10.6 Å². The van der Waals surface area contributed by atoms with Crippen molar-refractivity contribution in [1.29, 1.82) is 0 Å². The number of halogens is 1. The SMILES string of the molecule is Cc1ccc(C(OC(=O)[C@H](CSC(c2ccccc2)(c2ccccc2)c2ccccc2)CC(=O)[C@H](CC(=O)OC(C)(C)C)NC(=O)[C@H](CN)NC(=O)OC(C)(C)C)(c2ccccc2)c2ccccc2Cl)cc1. The summed E-state index contributed by atoms with van der Waals surface area (Å²) in [6.45, 7) is 11.7. The highest BCUT2D eigenvalue weighted by Crippen LogP contribution is 2.50. The van der Waals surface area contributed by atoms with Gasteiger partial charge in [-0.05, 0) is 71.2 Å². The number of carbonyl (C=O) groups excluding carboxylic acids is 5. The van der Waals surface area contributed by atoms with Crippen LogP contribution in [0, 0.1) is 12.8 Å². The van der Waals surface area contributed by atoms with Crippen LogP contribution in [0.5, 0.6) is 0 Å². The van der Waals surface area contributed by atoms with Gasteiger partial charge in [0.1, 0.15) is 17.2 Å². The Morgan fingerprint density at radius 3 is 1.49 bits per heavy atom. The summed E-state index contributed by atoms with van der Waals surface area (Å²) < 4.78 is 17.2. The fourth-order valence-electron chi connectivity index (χ4n) is 8.43. The molecule has 0 aliphatic heterocycles. The number of Topliss-reactive ketones (excluding diaryl/α,β-unsaturated/α-hetero) is 1. The third-order valence-corrected chi connectivity index (χ3v) is 13.7. The molecule has 6 aromatic rings. The van der Waals surface area contributed by atoms with E-state index in [-0.39, 0.29) is 12.3 Å². The summed E-state index contributed by atoms with van der Waals surface area (Å²) in [6, 6.07) is 51.0. The Bertz CT molecular complexity index is 2670. The highest BCUT2D eigenvalue weighted by Gasteiger charge is 2.46. The number of carbonyl (C=O) groups is 5. The van der Waals surface area contributed by atoms with E-state index in [1.54, 1.807) is 53.7 Å². The van der Waals surface area contributed by atoms with Gasteiger partial charge in [0.15, 0.2) is 11.4 Å². The highest BCUT2D eigenvalue weighted by molar-refractivity contribution is 8.00. The third kappa shape index (κ3) is 13.8. The lowest BCUT2D eigenvalue weighted by molar-refractivity contribution is -0.159. The van der Waals surface area contributed by atoms with Gasteiger partial charge in [-0.3, -0.25) is 19.2 Å². The van der Waals surface area contributed by atoms with E-state index in [9.17, 15) is 14.4 Å². The van der Waals surface area contributed by atoms with Crippen LogP contribution in [0.3, 0.4) is 0 Å². The van der Waals surface area contributed by atoms with E-state index in [2.05, 4.69) is 10.6 Å². The highest BCUT2D eigenvalue weighted by atomic mass is 35.5. The second-order valence-electron chi connectivity index (χ2n) is 19.6. The molecule has 1 unspecified atom stereocenters. The number of esters is 2. The fourth-order valence-corrected chi connectivity index (χ4v) is 10.3. The zero-order valence-electron chi connectivity index (χ0n) is 41.9. The number of ketones is 1. The number of nitrogens with one attached hydrogen (secondary N) is 2. The lowest BCUT2D eigenvalue weighted by atomic mass is 9.79. The molecule has 6 aromatic carbocycles. The lowest BCUT2D eigenvalue weighted by Crippen LogP contribution is -2.55. The minimum absolute atomic E-state index is 0.0106. The molecule has 0 spiro atoms. The molecule has 72 heavy (non-hydrogen) atoms. The van der Waals surface area contributed by atoms with Gasteiger partial charge in [-0.2, -0.15) is 0 Å². The van der Waals surface area contributed by atoms with Crippen LogP contribution in [0.2, 0.25) is 5.02 Å². The zero-order valence-corrected chi connectivity index (χ0v) is 43.4. The molecule has 0 aromatic heterocycles. The maximum absolute atomic E-state index is 15.9. The number of ether oxygens (including phenoxy) is 3. The lowest BCUT2D eigenvalue weighted by Gasteiger charge is -2.38. The Hall–Kier alpha value is -6.73. The minimum atomic E-state index is -1.64. The van der Waals surface area contributed by atoms with Crippen LogP contribution in [-0.4, -0.2) is 65.3 Å². The molecule has 2 amide bonds. The molecule has 376 valence electrons. The van der Waals surface area contributed by atoms with E-state index in [0.29, 0.717) is 21.7 Å². The standard InChI is InChI=1S/C59H64ClN3O8S/c1-40-32-34-43(35-33-40)58(42-22-12-8-13-23-42,47-30-20-21-31-48(47)60)70-54(67)41(39-72-59(44-24-14-9-15-25-44,45-26-16-10-17-27-45)46-28-18-11-19-29-46)36-51(64)49(37-52(65)69-56(2,3)4)62-53(66)50(38-61)63-55(68)71-57(5,6)7/h8-35,41,49-50H,36-39,61H2,1-7H3,(H,62,66)(H,63,68)/t41-,49-,50-,58?/m0/s1. The smallest absolute Gasteiger partial charge is 0.408 e. The van der Waals surface area contributed by atoms with Gasteiger partial charge in [0.25, 0.3) is 0 Å². The molecule has 6 rings (SSSR count). The van der Waals surface area contributed by atoms with E-state index in [1.165, 1.54) is 11.8 Å². The monoisotopic (exact) mass is 1010 g/mol. The predicted molar refractivity (Wildman–Crippen MR) is 284 cm³/mol. The average Bonchev–Trinajstić information content (AvgIpc) is 3.35. The summed E-state index contributed by atoms with van der Waals surface area (Å²) >= 11 is 8.58. The normalized spacial score (nSPS) is 13.8. The molecule has 0 fully saturated rings. The molecule has 0 aliphatic carbocycles. The fraction of sp³-hybridized carbons (Fsp3) is 0.305. The number of rotatable bonds is 20. The largest absolute Gasteiger partial charge is 0.460 e. The third-order valence-electron chi connectivity index (χ3n) is 11.7. The molecular weight excluding hydrogens is 946 g/mol. The summed E-state index contributed by atoms with van der Waals surface area (Å²) in [5.74, 6) is -4.31. The van der Waals surface area contributed by atoms with Gasteiger partial charge in [-0.15, -0.1) is 11.8 Å². The van der Waals surface area contributed by atoms with Gasteiger partial charge < -0.3 is 30.6 Å².